The molecule has 0 aliphatic carbocycles. The van der Waals surface area contributed by atoms with Crippen molar-refractivity contribution in [1.29, 1.82) is 0 Å². The summed E-state index contributed by atoms with van der Waals surface area (Å²) in [6.07, 6.45) is 1.15. The van der Waals surface area contributed by atoms with Crippen LogP contribution in [-0.4, -0.2) is 5.97 Å². The number of hydrogen-bond acceptors (Lipinski definition) is 2. The van der Waals surface area contributed by atoms with Crippen molar-refractivity contribution in [3.63, 3.8) is 0 Å². The Morgan fingerprint density at radius 1 is 1.16 bits per heavy atom. The van der Waals surface area contributed by atoms with Crippen LogP contribution < -0.4 is 4.74 Å². The number of ether oxygens (including phenoxy) is 1. The lowest BCUT2D eigenvalue weighted by molar-refractivity contribution is -0.140. The number of benzene rings is 2. The van der Waals surface area contributed by atoms with Crippen molar-refractivity contribution in [2.24, 2.45) is 5.92 Å². The van der Waals surface area contributed by atoms with E-state index < -0.39 is 0 Å². The summed E-state index contributed by atoms with van der Waals surface area (Å²) in [6, 6.07) is 14.1. The van der Waals surface area contributed by atoms with Crippen LogP contribution in [0, 0.1) is 11.7 Å². The number of halogens is 1. The van der Waals surface area contributed by atoms with Crippen molar-refractivity contribution in [1.82, 2.24) is 0 Å². The molecule has 19 heavy (non-hydrogen) atoms. The first-order valence-electron chi connectivity index (χ1n) is 6.26. The minimum atomic E-state index is -0.296. The average Bonchev–Trinajstić information content (AvgIpc) is 2.41. The predicted molar refractivity (Wildman–Crippen MR) is 69.4 cm³/mol. The van der Waals surface area contributed by atoms with Crippen molar-refractivity contribution in [2.75, 3.05) is 0 Å². The molecule has 2 nitrogen and oxygen atoms in total. The van der Waals surface area contributed by atoms with E-state index in [1.165, 1.54) is 18.2 Å². The van der Waals surface area contributed by atoms with E-state index in [4.69, 9.17) is 4.74 Å². The average molecular weight is 256 g/mol. The molecule has 1 heterocycles. The SMILES string of the molecule is O=C1Oc2ccc(F)cc2C[C@@H]1Cc1ccccc1. The lowest BCUT2D eigenvalue weighted by Gasteiger charge is -2.23. The minimum absolute atomic E-state index is 0.233. The summed E-state index contributed by atoms with van der Waals surface area (Å²) in [4.78, 5) is 11.9. The van der Waals surface area contributed by atoms with E-state index in [9.17, 15) is 9.18 Å². The molecular weight excluding hydrogens is 243 g/mol. The van der Waals surface area contributed by atoms with Crippen molar-refractivity contribution in [3.05, 3.63) is 65.5 Å². The molecule has 2 aromatic carbocycles. The Morgan fingerprint density at radius 3 is 2.74 bits per heavy atom. The van der Waals surface area contributed by atoms with E-state index in [2.05, 4.69) is 0 Å². The number of fused-ring (bicyclic) bond motifs is 1. The Balaban J connectivity index is 1.83. The topological polar surface area (TPSA) is 26.3 Å². The van der Waals surface area contributed by atoms with Gasteiger partial charge in [-0.3, -0.25) is 4.79 Å². The molecule has 1 atom stereocenters. The molecule has 0 radical (unpaired) electrons. The molecule has 0 saturated heterocycles. The molecule has 0 aromatic heterocycles. The van der Waals surface area contributed by atoms with Gasteiger partial charge in [0, 0.05) is 0 Å². The zero-order valence-corrected chi connectivity index (χ0v) is 10.3. The molecule has 0 spiro atoms. The first kappa shape index (κ1) is 11.9. The third-order valence-electron chi connectivity index (χ3n) is 3.36. The van der Waals surface area contributed by atoms with Gasteiger partial charge in [-0.2, -0.15) is 0 Å². The van der Waals surface area contributed by atoms with Gasteiger partial charge in [0.2, 0.25) is 0 Å². The fourth-order valence-electron chi connectivity index (χ4n) is 2.40. The first-order chi connectivity index (χ1) is 9.22. The van der Waals surface area contributed by atoms with Crippen LogP contribution in [0.1, 0.15) is 11.1 Å². The van der Waals surface area contributed by atoms with Gasteiger partial charge < -0.3 is 4.74 Å². The lowest BCUT2D eigenvalue weighted by atomic mass is 9.90. The number of hydrogen-bond donors (Lipinski definition) is 0. The van der Waals surface area contributed by atoms with Gasteiger partial charge in [-0.1, -0.05) is 30.3 Å². The summed E-state index contributed by atoms with van der Waals surface area (Å²) in [5.41, 5.74) is 1.85. The predicted octanol–water partition coefficient (Wildman–Crippen LogP) is 3.15. The fourth-order valence-corrected chi connectivity index (χ4v) is 2.40. The van der Waals surface area contributed by atoms with Crippen molar-refractivity contribution < 1.29 is 13.9 Å². The van der Waals surface area contributed by atoms with Crippen LogP contribution in [0.3, 0.4) is 0 Å². The molecule has 2 aromatic rings. The third kappa shape index (κ3) is 2.50. The quantitative estimate of drug-likeness (QED) is 0.609. The maximum absolute atomic E-state index is 13.2. The smallest absolute Gasteiger partial charge is 0.315 e. The van der Waals surface area contributed by atoms with Crippen molar-refractivity contribution in [2.45, 2.75) is 12.8 Å². The Kier molecular flexibility index (Phi) is 3.03. The largest absolute Gasteiger partial charge is 0.426 e. The number of carbonyl (C=O) groups excluding carboxylic acids is 1. The second-order valence-electron chi connectivity index (χ2n) is 4.76. The highest BCUT2D eigenvalue weighted by atomic mass is 19.1. The van der Waals surface area contributed by atoms with Gasteiger partial charge in [0.25, 0.3) is 0 Å². The lowest BCUT2D eigenvalue weighted by Crippen LogP contribution is -2.29. The van der Waals surface area contributed by atoms with Crippen molar-refractivity contribution in [3.8, 4) is 5.75 Å². The van der Waals surface area contributed by atoms with E-state index in [0.717, 1.165) is 11.1 Å². The molecule has 0 fully saturated rings. The monoisotopic (exact) mass is 256 g/mol. The number of carbonyl (C=O) groups is 1. The third-order valence-corrected chi connectivity index (χ3v) is 3.36. The molecule has 96 valence electrons. The Labute approximate surface area is 110 Å². The van der Waals surface area contributed by atoms with E-state index in [0.29, 0.717) is 18.6 Å². The van der Waals surface area contributed by atoms with Crippen LogP contribution in [0.15, 0.2) is 48.5 Å². The summed E-state index contributed by atoms with van der Waals surface area (Å²) < 4.78 is 18.5. The Bertz CT molecular complexity index is 607. The van der Waals surface area contributed by atoms with Gasteiger partial charge in [0.05, 0.1) is 5.92 Å². The summed E-state index contributed by atoms with van der Waals surface area (Å²) in [6.45, 7) is 0. The van der Waals surface area contributed by atoms with Gasteiger partial charge in [-0.25, -0.2) is 4.39 Å². The van der Waals surface area contributed by atoms with Crippen LogP contribution in [0.2, 0.25) is 0 Å². The van der Waals surface area contributed by atoms with Gasteiger partial charge in [0.15, 0.2) is 0 Å². The highest BCUT2D eigenvalue weighted by molar-refractivity contribution is 5.78. The molecule has 0 bridgehead atoms. The highest BCUT2D eigenvalue weighted by Gasteiger charge is 2.28. The van der Waals surface area contributed by atoms with Gasteiger partial charge in [-0.15, -0.1) is 0 Å². The summed E-state index contributed by atoms with van der Waals surface area (Å²) >= 11 is 0. The molecule has 0 amide bonds. The van der Waals surface area contributed by atoms with Crippen LogP contribution in [0.25, 0.3) is 0 Å². The summed E-state index contributed by atoms with van der Waals surface area (Å²) in [7, 11) is 0. The normalized spacial score (nSPS) is 17.7. The highest BCUT2D eigenvalue weighted by Crippen LogP contribution is 2.30. The molecule has 0 N–H and O–H groups in total. The van der Waals surface area contributed by atoms with Crippen LogP contribution >= 0.6 is 0 Å². The second kappa shape index (κ2) is 4.84. The summed E-state index contributed by atoms with van der Waals surface area (Å²) in [5, 5.41) is 0. The molecule has 0 unspecified atom stereocenters. The van der Waals surface area contributed by atoms with Crippen LogP contribution in [-0.2, 0) is 17.6 Å². The molecule has 1 aliphatic heterocycles. The van der Waals surface area contributed by atoms with E-state index in [1.54, 1.807) is 0 Å². The van der Waals surface area contributed by atoms with E-state index in [1.807, 2.05) is 30.3 Å². The first-order valence-corrected chi connectivity index (χ1v) is 6.26. The zero-order chi connectivity index (χ0) is 13.2. The molecule has 1 aliphatic rings. The fraction of sp³-hybridized carbons (Fsp3) is 0.188. The Hall–Kier alpha value is -2.16. The molecule has 3 rings (SSSR count). The van der Waals surface area contributed by atoms with Gasteiger partial charge in [0.1, 0.15) is 11.6 Å². The summed E-state index contributed by atoms with van der Waals surface area (Å²) in [5.74, 6) is -0.287. The standard InChI is InChI=1S/C16H13FO2/c17-14-6-7-15-12(10-14)9-13(16(18)19-15)8-11-4-2-1-3-5-11/h1-7,10,13H,8-9H2/t13-/m0/s1. The molecule has 0 saturated carbocycles. The van der Waals surface area contributed by atoms with Crippen LogP contribution in [0.4, 0.5) is 4.39 Å². The minimum Gasteiger partial charge on any atom is -0.426 e. The Morgan fingerprint density at radius 2 is 1.95 bits per heavy atom. The van der Waals surface area contributed by atoms with Gasteiger partial charge in [-0.05, 0) is 42.2 Å². The molecule has 3 heteroatoms. The van der Waals surface area contributed by atoms with Crippen molar-refractivity contribution >= 4 is 5.97 Å². The van der Waals surface area contributed by atoms with E-state index >= 15 is 0 Å². The number of esters is 1. The maximum atomic E-state index is 13.2. The van der Waals surface area contributed by atoms with E-state index in [-0.39, 0.29) is 17.7 Å². The van der Waals surface area contributed by atoms with Gasteiger partial charge >= 0.3 is 5.97 Å². The number of rotatable bonds is 2. The second-order valence-corrected chi connectivity index (χ2v) is 4.76. The molecular formula is C16H13FO2. The zero-order valence-electron chi connectivity index (χ0n) is 10.3. The van der Waals surface area contributed by atoms with Crippen LogP contribution in [0.5, 0.6) is 5.75 Å². The maximum Gasteiger partial charge on any atom is 0.315 e.